The second-order valence-electron chi connectivity index (χ2n) is 6.20. The molecule has 0 spiro atoms. The van der Waals surface area contributed by atoms with E-state index in [1.54, 1.807) is 6.20 Å². The first-order valence-electron chi connectivity index (χ1n) is 8.30. The zero-order chi connectivity index (χ0) is 19.8. The van der Waals surface area contributed by atoms with E-state index in [0.29, 0.717) is 22.9 Å². The molecule has 7 nitrogen and oxygen atoms in total. The van der Waals surface area contributed by atoms with Crippen molar-refractivity contribution in [2.24, 2.45) is 0 Å². The van der Waals surface area contributed by atoms with Gasteiger partial charge < -0.3 is 0 Å². The monoisotopic (exact) mass is 400 g/mol. The standard InChI is InChI=1S/C18H14F2N6OS/c1-9-5-10(2)26-17(22-9)23-15(25-26)16(27)24-18-21-8-12(28-18)6-11-3-4-13(19)14(20)7-11/h3-5,7-8H,6H2,1-2H3,(H,21,24,27). The van der Waals surface area contributed by atoms with Crippen LogP contribution in [-0.2, 0) is 6.42 Å². The predicted molar refractivity (Wildman–Crippen MR) is 99.5 cm³/mol. The first-order chi connectivity index (χ1) is 13.4. The van der Waals surface area contributed by atoms with Gasteiger partial charge in [-0.25, -0.2) is 23.3 Å². The third-order valence-electron chi connectivity index (χ3n) is 3.96. The number of hydrogen-bond acceptors (Lipinski definition) is 6. The number of benzene rings is 1. The minimum atomic E-state index is -0.896. The molecular formula is C18H14F2N6OS. The molecule has 28 heavy (non-hydrogen) atoms. The van der Waals surface area contributed by atoms with Gasteiger partial charge >= 0.3 is 0 Å². The minimum absolute atomic E-state index is 0.0152. The van der Waals surface area contributed by atoms with E-state index in [1.807, 2.05) is 19.9 Å². The fourth-order valence-corrected chi connectivity index (χ4v) is 3.56. The van der Waals surface area contributed by atoms with Gasteiger partial charge in [-0.15, -0.1) is 16.4 Å². The van der Waals surface area contributed by atoms with Gasteiger partial charge in [-0.05, 0) is 37.6 Å². The Morgan fingerprint density at radius 3 is 2.79 bits per heavy atom. The van der Waals surface area contributed by atoms with Crippen LogP contribution >= 0.6 is 11.3 Å². The molecule has 1 amide bonds. The summed E-state index contributed by atoms with van der Waals surface area (Å²) >= 11 is 1.24. The summed E-state index contributed by atoms with van der Waals surface area (Å²) < 4.78 is 27.8. The Bertz CT molecular complexity index is 1200. The Morgan fingerprint density at radius 2 is 2.00 bits per heavy atom. The van der Waals surface area contributed by atoms with Crippen LogP contribution in [0, 0.1) is 25.5 Å². The van der Waals surface area contributed by atoms with Crippen LogP contribution in [0.2, 0.25) is 0 Å². The predicted octanol–water partition coefficient (Wildman–Crippen LogP) is 3.32. The van der Waals surface area contributed by atoms with Crippen molar-refractivity contribution in [2.75, 3.05) is 5.32 Å². The number of anilines is 1. The summed E-state index contributed by atoms with van der Waals surface area (Å²) in [4.78, 5) is 25.8. The van der Waals surface area contributed by atoms with Crippen LogP contribution in [0.1, 0.15) is 32.4 Å². The maximum atomic E-state index is 13.3. The Hall–Kier alpha value is -3.27. The van der Waals surface area contributed by atoms with E-state index in [1.165, 1.54) is 21.9 Å². The largest absolute Gasteiger partial charge is 0.297 e. The van der Waals surface area contributed by atoms with Crippen LogP contribution in [0.3, 0.4) is 0 Å². The molecule has 0 unspecified atom stereocenters. The van der Waals surface area contributed by atoms with Crippen LogP contribution < -0.4 is 5.32 Å². The number of carbonyl (C=O) groups is 1. The maximum Gasteiger partial charge on any atom is 0.297 e. The van der Waals surface area contributed by atoms with Gasteiger partial charge in [-0.1, -0.05) is 6.07 Å². The van der Waals surface area contributed by atoms with Crippen molar-refractivity contribution in [1.29, 1.82) is 0 Å². The molecule has 4 aromatic rings. The number of halogens is 2. The highest BCUT2D eigenvalue weighted by molar-refractivity contribution is 7.15. The quantitative estimate of drug-likeness (QED) is 0.568. The van der Waals surface area contributed by atoms with Crippen molar-refractivity contribution in [3.05, 3.63) is 69.7 Å². The Labute approximate surface area is 162 Å². The molecule has 4 rings (SSSR count). The Kier molecular flexibility index (Phi) is 4.55. The number of carbonyl (C=O) groups excluding carboxylic acids is 1. The van der Waals surface area contributed by atoms with E-state index in [2.05, 4.69) is 25.4 Å². The Morgan fingerprint density at radius 1 is 1.18 bits per heavy atom. The van der Waals surface area contributed by atoms with Crippen molar-refractivity contribution in [1.82, 2.24) is 24.6 Å². The first kappa shape index (κ1) is 18.1. The second-order valence-corrected chi connectivity index (χ2v) is 7.31. The highest BCUT2D eigenvalue weighted by Crippen LogP contribution is 2.22. The van der Waals surface area contributed by atoms with Gasteiger partial charge in [0.2, 0.25) is 5.82 Å². The van der Waals surface area contributed by atoms with Crippen LogP contribution in [0.5, 0.6) is 0 Å². The minimum Gasteiger partial charge on any atom is -0.295 e. The van der Waals surface area contributed by atoms with Crippen molar-refractivity contribution < 1.29 is 13.6 Å². The van der Waals surface area contributed by atoms with Gasteiger partial charge in [0.25, 0.3) is 11.7 Å². The summed E-state index contributed by atoms with van der Waals surface area (Å²) in [6, 6.07) is 5.58. The van der Waals surface area contributed by atoms with Crippen molar-refractivity contribution >= 4 is 28.2 Å². The molecule has 0 aliphatic carbocycles. The summed E-state index contributed by atoms with van der Waals surface area (Å²) in [5, 5.41) is 7.18. The molecule has 0 atom stereocenters. The average molecular weight is 400 g/mol. The van der Waals surface area contributed by atoms with E-state index in [4.69, 9.17) is 0 Å². The van der Waals surface area contributed by atoms with Crippen LogP contribution in [0.4, 0.5) is 13.9 Å². The second kappa shape index (κ2) is 7.04. The van der Waals surface area contributed by atoms with Crippen molar-refractivity contribution in [3.63, 3.8) is 0 Å². The first-order valence-corrected chi connectivity index (χ1v) is 9.12. The molecule has 3 heterocycles. The zero-order valence-corrected chi connectivity index (χ0v) is 15.7. The number of hydrogen-bond donors (Lipinski definition) is 1. The lowest BCUT2D eigenvalue weighted by atomic mass is 10.1. The van der Waals surface area contributed by atoms with E-state index >= 15 is 0 Å². The molecule has 1 aromatic carbocycles. The van der Waals surface area contributed by atoms with Gasteiger partial charge in [0.05, 0.1) is 0 Å². The van der Waals surface area contributed by atoms with Crippen LogP contribution in [0.15, 0.2) is 30.5 Å². The molecule has 0 bridgehead atoms. The highest BCUT2D eigenvalue weighted by Gasteiger charge is 2.17. The molecule has 3 aromatic heterocycles. The van der Waals surface area contributed by atoms with E-state index < -0.39 is 17.5 Å². The molecule has 0 saturated carbocycles. The summed E-state index contributed by atoms with van der Waals surface area (Å²) in [7, 11) is 0. The molecule has 1 N–H and O–H groups in total. The van der Waals surface area contributed by atoms with Crippen molar-refractivity contribution in [3.8, 4) is 0 Å². The fourth-order valence-electron chi connectivity index (χ4n) is 2.71. The number of nitrogens with zero attached hydrogens (tertiary/aromatic N) is 5. The van der Waals surface area contributed by atoms with Gasteiger partial charge in [-0.2, -0.15) is 4.98 Å². The van der Waals surface area contributed by atoms with Gasteiger partial charge in [0.15, 0.2) is 16.8 Å². The number of nitrogens with one attached hydrogen (secondary N) is 1. The maximum absolute atomic E-state index is 13.3. The lowest BCUT2D eigenvalue weighted by Crippen LogP contribution is -2.13. The number of thiazole rings is 1. The van der Waals surface area contributed by atoms with E-state index in [0.717, 1.165) is 28.4 Å². The number of aryl methyl sites for hydroxylation is 2. The normalized spacial score (nSPS) is 11.1. The summed E-state index contributed by atoms with van der Waals surface area (Å²) in [5.74, 6) is -1.95. The number of rotatable bonds is 4. The fraction of sp³-hybridized carbons (Fsp3) is 0.167. The summed E-state index contributed by atoms with van der Waals surface area (Å²) in [6.07, 6.45) is 1.95. The van der Waals surface area contributed by atoms with Crippen LogP contribution in [0.25, 0.3) is 5.78 Å². The van der Waals surface area contributed by atoms with Gasteiger partial charge in [0, 0.05) is 28.9 Å². The smallest absolute Gasteiger partial charge is 0.295 e. The number of fused-ring (bicyclic) bond motifs is 1. The molecule has 0 fully saturated rings. The van der Waals surface area contributed by atoms with E-state index in [-0.39, 0.29) is 5.82 Å². The summed E-state index contributed by atoms with van der Waals surface area (Å²) in [5.41, 5.74) is 2.21. The van der Waals surface area contributed by atoms with Gasteiger partial charge in [0.1, 0.15) is 0 Å². The zero-order valence-electron chi connectivity index (χ0n) is 14.9. The topological polar surface area (TPSA) is 85.1 Å². The lowest BCUT2D eigenvalue weighted by Gasteiger charge is -1.99. The SMILES string of the molecule is Cc1cc(C)n2nc(C(=O)Nc3ncc(Cc4ccc(F)c(F)c4)s3)nc2n1. The highest BCUT2D eigenvalue weighted by atomic mass is 32.1. The third-order valence-corrected chi connectivity index (χ3v) is 4.87. The van der Waals surface area contributed by atoms with Crippen LogP contribution in [-0.4, -0.2) is 30.5 Å². The molecule has 10 heteroatoms. The number of aromatic nitrogens is 5. The molecule has 0 saturated heterocycles. The Balaban J connectivity index is 1.49. The molecule has 142 valence electrons. The summed E-state index contributed by atoms with van der Waals surface area (Å²) in [6.45, 7) is 3.69. The molecular weight excluding hydrogens is 386 g/mol. The number of amides is 1. The lowest BCUT2D eigenvalue weighted by molar-refractivity contribution is 0.101. The molecule has 0 aliphatic rings. The molecule has 0 radical (unpaired) electrons. The van der Waals surface area contributed by atoms with Gasteiger partial charge in [-0.3, -0.25) is 10.1 Å². The van der Waals surface area contributed by atoms with Crippen molar-refractivity contribution in [2.45, 2.75) is 20.3 Å². The molecule has 0 aliphatic heterocycles. The average Bonchev–Trinajstić information content (AvgIpc) is 3.25. The van der Waals surface area contributed by atoms with E-state index in [9.17, 15) is 13.6 Å². The third kappa shape index (κ3) is 3.58.